The van der Waals surface area contributed by atoms with Crippen LogP contribution in [0.5, 0.6) is 11.5 Å². The maximum Gasteiger partial charge on any atom is 0.191 e. The third kappa shape index (κ3) is 7.46. The number of methoxy groups -OCH3 is 1. The van der Waals surface area contributed by atoms with Crippen molar-refractivity contribution in [2.24, 2.45) is 4.99 Å². The third-order valence-corrected chi connectivity index (χ3v) is 4.73. The molecule has 0 aliphatic carbocycles. The Kier molecular flexibility index (Phi) is 11.2. The van der Waals surface area contributed by atoms with Gasteiger partial charge in [0.05, 0.1) is 32.5 Å². The number of hydrogen-bond donors (Lipinski definition) is 2. The van der Waals surface area contributed by atoms with E-state index in [0.717, 1.165) is 40.3 Å². The largest absolute Gasteiger partial charge is 0.493 e. The Hall–Kier alpha value is -1.55. The molecule has 0 fully saturated rings. The number of ether oxygens (including phenoxy) is 2. The monoisotopic (exact) mass is 518 g/mol. The predicted octanol–water partition coefficient (Wildman–Crippen LogP) is 4.55. The van der Waals surface area contributed by atoms with Gasteiger partial charge in [-0.25, -0.2) is 9.98 Å². The number of nitrogens with zero attached hydrogens (tertiary/aromatic N) is 2. The Morgan fingerprint density at radius 2 is 2.00 bits per heavy atom. The number of aliphatic imine (C=N–C) groups is 1. The van der Waals surface area contributed by atoms with E-state index in [9.17, 15) is 0 Å². The molecule has 0 aliphatic heterocycles. The van der Waals surface area contributed by atoms with Crippen LogP contribution in [0.3, 0.4) is 0 Å². The lowest BCUT2D eigenvalue weighted by molar-refractivity contribution is 0.310. The summed E-state index contributed by atoms with van der Waals surface area (Å²) in [6.45, 7) is 10.9. The van der Waals surface area contributed by atoms with E-state index in [1.807, 2.05) is 25.1 Å². The van der Waals surface area contributed by atoms with E-state index in [4.69, 9.17) is 9.47 Å². The van der Waals surface area contributed by atoms with Crippen molar-refractivity contribution in [3.8, 4) is 11.5 Å². The summed E-state index contributed by atoms with van der Waals surface area (Å²) in [5.74, 6) is 2.70. The number of aromatic nitrogens is 1. The Bertz CT molecular complexity index is 750. The molecule has 0 radical (unpaired) electrons. The molecule has 2 N–H and O–H groups in total. The van der Waals surface area contributed by atoms with Gasteiger partial charge in [-0.3, -0.25) is 0 Å². The molecule has 156 valence electrons. The van der Waals surface area contributed by atoms with Gasteiger partial charge in [0.25, 0.3) is 0 Å². The first-order valence-electron chi connectivity index (χ1n) is 9.33. The summed E-state index contributed by atoms with van der Waals surface area (Å²) in [5, 5.41) is 9.81. The molecule has 8 heteroatoms. The summed E-state index contributed by atoms with van der Waals surface area (Å²) in [7, 11) is 1.65. The van der Waals surface area contributed by atoms with Gasteiger partial charge in [0.2, 0.25) is 0 Å². The Morgan fingerprint density at radius 1 is 1.21 bits per heavy atom. The van der Waals surface area contributed by atoms with E-state index in [2.05, 4.69) is 46.8 Å². The van der Waals surface area contributed by atoms with E-state index in [1.54, 1.807) is 18.4 Å². The molecule has 1 heterocycles. The zero-order valence-corrected chi connectivity index (χ0v) is 20.4. The summed E-state index contributed by atoms with van der Waals surface area (Å²) in [6.07, 6.45) is 0. The molecule has 1 aromatic heterocycles. The van der Waals surface area contributed by atoms with Crippen LogP contribution in [0.15, 0.2) is 28.6 Å². The molecule has 0 atom stereocenters. The Morgan fingerprint density at radius 3 is 2.61 bits per heavy atom. The highest BCUT2D eigenvalue weighted by Crippen LogP contribution is 2.28. The van der Waals surface area contributed by atoms with Gasteiger partial charge in [-0.05, 0) is 37.5 Å². The van der Waals surface area contributed by atoms with Crippen molar-refractivity contribution in [2.45, 2.75) is 46.7 Å². The summed E-state index contributed by atoms with van der Waals surface area (Å²) in [5.41, 5.74) is 2.20. The lowest BCUT2D eigenvalue weighted by Crippen LogP contribution is -2.36. The minimum atomic E-state index is 0. The standard InChI is InChI=1S/C20H30N4O2S.HI/c1-6-21-20(23-12-19-24-16(13-27-19)14(3)4)22-11-15-8-9-17(25-5)18(10-15)26-7-2;/h8-10,13-14H,6-7,11-12H2,1-5H3,(H2,21,22,23);1H. The predicted molar refractivity (Wildman–Crippen MR) is 127 cm³/mol. The van der Waals surface area contributed by atoms with Gasteiger partial charge in [0.15, 0.2) is 17.5 Å². The molecular weight excluding hydrogens is 487 g/mol. The second-order valence-corrected chi connectivity index (χ2v) is 7.23. The van der Waals surface area contributed by atoms with Crippen molar-refractivity contribution >= 4 is 41.3 Å². The average molecular weight is 518 g/mol. The molecule has 0 spiro atoms. The molecular formula is C20H31IN4O2S. The van der Waals surface area contributed by atoms with Crippen LogP contribution in [0.4, 0.5) is 0 Å². The second-order valence-electron chi connectivity index (χ2n) is 6.29. The fraction of sp³-hybridized carbons (Fsp3) is 0.500. The van der Waals surface area contributed by atoms with Crippen molar-refractivity contribution in [2.75, 3.05) is 20.3 Å². The lowest BCUT2D eigenvalue weighted by Gasteiger charge is -2.12. The average Bonchev–Trinajstić information content (AvgIpc) is 3.14. The summed E-state index contributed by atoms with van der Waals surface area (Å²) in [4.78, 5) is 9.33. The maximum atomic E-state index is 5.64. The van der Waals surface area contributed by atoms with Gasteiger partial charge in [-0.2, -0.15) is 0 Å². The van der Waals surface area contributed by atoms with Crippen LogP contribution in [0.1, 0.15) is 49.9 Å². The van der Waals surface area contributed by atoms with Crippen LogP contribution in [-0.2, 0) is 13.1 Å². The third-order valence-electron chi connectivity index (χ3n) is 3.86. The van der Waals surface area contributed by atoms with Gasteiger partial charge < -0.3 is 20.1 Å². The topological polar surface area (TPSA) is 67.8 Å². The van der Waals surface area contributed by atoms with Crippen LogP contribution in [0.25, 0.3) is 0 Å². The van der Waals surface area contributed by atoms with E-state index in [0.29, 0.717) is 25.6 Å². The highest BCUT2D eigenvalue weighted by molar-refractivity contribution is 14.0. The van der Waals surface area contributed by atoms with E-state index >= 15 is 0 Å². The van der Waals surface area contributed by atoms with Crippen LogP contribution in [0, 0.1) is 0 Å². The van der Waals surface area contributed by atoms with Crippen LogP contribution < -0.4 is 20.1 Å². The van der Waals surface area contributed by atoms with Crippen LogP contribution in [0.2, 0.25) is 0 Å². The lowest BCUT2D eigenvalue weighted by atomic mass is 10.2. The normalized spacial score (nSPS) is 11.1. The molecule has 0 unspecified atom stereocenters. The smallest absolute Gasteiger partial charge is 0.191 e. The first-order valence-corrected chi connectivity index (χ1v) is 10.2. The SMILES string of the molecule is CCNC(=NCc1ccc(OC)c(OCC)c1)NCc1nc(C(C)C)cs1.I. The second kappa shape index (κ2) is 12.8. The molecule has 0 aliphatic rings. The number of thiazole rings is 1. The van der Waals surface area contributed by atoms with Crippen molar-refractivity contribution in [1.29, 1.82) is 0 Å². The first kappa shape index (κ1) is 24.5. The fourth-order valence-corrected chi connectivity index (χ4v) is 3.33. The van der Waals surface area contributed by atoms with Gasteiger partial charge >= 0.3 is 0 Å². The van der Waals surface area contributed by atoms with Gasteiger partial charge in [0.1, 0.15) is 5.01 Å². The van der Waals surface area contributed by atoms with Gasteiger partial charge in [0, 0.05) is 11.9 Å². The van der Waals surface area contributed by atoms with Crippen molar-refractivity contribution in [1.82, 2.24) is 15.6 Å². The molecule has 1 aromatic carbocycles. The molecule has 2 aromatic rings. The zero-order chi connectivity index (χ0) is 19.6. The molecule has 6 nitrogen and oxygen atoms in total. The van der Waals surface area contributed by atoms with Crippen LogP contribution in [-0.4, -0.2) is 31.2 Å². The number of guanidine groups is 1. The number of benzene rings is 1. The summed E-state index contributed by atoms with van der Waals surface area (Å²) in [6, 6.07) is 5.90. The van der Waals surface area contributed by atoms with E-state index in [-0.39, 0.29) is 24.0 Å². The van der Waals surface area contributed by atoms with Crippen molar-refractivity contribution < 1.29 is 9.47 Å². The number of halogens is 1. The number of nitrogens with one attached hydrogen (secondary N) is 2. The Balaban J connectivity index is 0.00000392. The minimum Gasteiger partial charge on any atom is -0.493 e. The van der Waals surface area contributed by atoms with E-state index < -0.39 is 0 Å². The quantitative estimate of drug-likeness (QED) is 0.290. The summed E-state index contributed by atoms with van der Waals surface area (Å²) >= 11 is 1.68. The fourth-order valence-electron chi connectivity index (χ4n) is 2.43. The molecule has 2 rings (SSSR count). The number of rotatable bonds is 9. The zero-order valence-electron chi connectivity index (χ0n) is 17.2. The Labute approximate surface area is 189 Å². The number of hydrogen-bond acceptors (Lipinski definition) is 5. The van der Waals surface area contributed by atoms with Crippen LogP contribution >= 0.6 is 35.3 Å². The van der Waals surface area contributed by atoms with Crippen molar-refractivity contribution in [3.05, 3.63) is 39.8 Å². The van der Waals surface area contributed by atoms with Crippen molar-refractivity contribution in [3.63, 3.8) is 0 Å². The van der Waals surface area contributed by atoms with Gasteiger partial charge in [-0.1, -0.05) is 19.9 Å². The first-order chi connectivity index (χ1) is 13.1. The highest BCUT2D eigenvalue weighted by Gasteiger charge is 2.08. The molecule has 0 saturated carbocycles. The van der Waals surface area contributed by atoms with E-state index in [1.165, 1.54) is 0 Å². The maximum absolute atomic E-state index is 5.64. The molecule has 28 heavy (non-hydrogen) atoms. The van der Waals surface area contributed by atoms with Gasteiger partial charge in [-0.15, -0.1) is 35.3 Å². The molecule has 0 amide bonds. The highest BCUT2D eigenvalue weighted by atomic mass is 127. The molecule has 0 saturated heterocycles. The summed E-state index contributed by atoms with van der Waals surface area (Å²) < 4.78 is 11.0. The minimum absolute atomic E-state index is 0. The molecule has 0 bridgehead atoms.